The Hall–Kier alpha value is -0.120. The molecule has 3 nitrogen and oxygen atoms in total. The second-order valence-electron chi connectivity index (χ2n) is 9.70. The van der Waals surface area contributed by atoms with Crippen LogP contribution in [0.15, 0.2) is 0 Å². The number of rotatable bonds is 0. The van der Waals surface area contributed by atoms with Crippen molar-refractivity contribution in [2.45, 2.75) is 116 Å². The van der Waals surface area contributed by atoms with Gasteiger partial charge in [0.2, 0.25) is 0 Å². The van der Waals surface area contributed by atoms with Gasteiger partial charge in [-0.2, -0.15) is 0 Å². The summed E-state index contributed by atoms with van der Waals surface area (Å²) in [5, 5.41) is 16.7. The van der Waals surface area contributed by atoms with E-state index >= 15 is 0 Å². The third-order valence-electron chi connectivity index (χ3n) is 4.45. The molecule has 0 aromatic carbocycles. The van der Waals surface area contributed by atoms with Gasteiger partial charge in [0, 0.05) is 22.2 Å². The topological polar surface area (TPSA) is 44.3 Å². The first-order chi connectivity index (χ1) is 9.22. The first-order valence-electron chi connectivity index (χ1n) is 8.49. The number of nitrogens with one attached hydrogen (secondary N) is 2. The van der Waals surface area contributed by atoms with Gasteiger partial charge in [-0.1, -0.05) is 0 Å². The number of aliphatic hydroxyl groups is 1. The normalized spacial score (nSPS) is 30.1. The quantitative estimate of drug-likeness (QED) is 0.640. The molecule has 3 N–H and O–H groups in total. The summed E-state index contributed by atoms with van der Waals surface area (Å²) in [5.41, 5.74) is 0.895. The van der Waals surface area contributed by atoms with Gasteiger partial charge in [0.1, 0.15) is 0 Å². The van der Waals surface area contributed by atoms with Crippen molar-refractivity contribution in [1.82, 2.24) is 10.6 Å². The van der Waals surface area contributed by atoms with E-state index in [2.05, 4.69) is 66.0 Å². The number of aliphatic hydroxyl groups excluding tert-OH is 1. The van der Waals surface area contributed by atoms with Gasteiger partial charge in [0.05, 0.1) is 6.10 Å². The molecule has 0 unspecified atom stereocenters. The fraction of sp³-hybridized carbons (Fsp3) is 1.00. The maximum Gasteiger partial charge on any atom is 0.0575 e. The Bertz CT molecular complexity index is 315. The van der Waals surface area contributed by atoms with Gasteiger partial charge in [-0.05, 0) is 87.5 Å². The van der Waals surface area contributed by atoms with Gasteiger partial charge in [-0.15, -0.1) is 0 Å². The minimum Gasteiger partial charge on any atom is -0.393 e. The molecule has 3 heteroatoms. The summed E-state index contributed by atoms with van der Waals surface area (Å²) >= 11 is 0. The van der Waals surface area contributed by atoms with Crippen LogP contribution in [0, 0.1) is 0 Å². The highest BCUT2D eigenvalue weighted by molar-refractivity contribution is 4.96. The Labute approximate surface area is 132 Å². The summed E-state index contributed by atoms with van der Waals surface area (Å²) < 4.78 is 0. The van der Waals surface area contributed by atoms with Gasteiger partial charge >= 0.3 is 0 Å². The average Bonchev–Trinajstić information content (AvgIpc) is 2.06. The molecule has 0 aromatic heterocycles. The smallest absolute Gasteiger partial charge is 0.0575 e. The van der Waals surface area contributed by atoms with Gasteiger partial charge in [0.25, 0.3) is 0 Å². The lowest BCUT2D eigenvalue weighted by molar-refractivity contribution is 0.0396. The van der Waals surface area contributed by atoms with E-state index in [9.17, 15) is 5.11 Å². The zero-order valence-electron chi connectivity index (χ0n) is 15.6. The molecule has 0 aliphatic carbocycles. The van der Waals surface area contributed by atoms with Gasteiger partial charge < -0.3 is 15.7 Å². The van der Waals surface area contributed by atoms with Crippen LogP contribution in [-0.2, 0) is 0 Å². The maximum absolute atomic E-state index is 9.54. The fourth-order valence-corrected chi connectivity index (χ4v) is 4.28. The first kappa shape index (κ1) is 18.9. The summed E-state index contributed by atoms with van der Waals surface area (Å²) in [5.74, 6) is 0. The van der Waals surface area contributed by atoms with Gasteiger partial charge in [-0.25, -0.2) is 0 Å². The summed E-state index contributed by atoms with van der Waals surface area (Å²) in [4.78, 5) is 0. The molecule has 126 valence electrons. The minimum absolute atomic E-state index is 0.0845. The zero-order chi connectivity index (χ0) is 16.5. The molecule has 2 aliphatic heterocycles. The molecule has 0 radical (unpaired) electrons. The molecule has 0 saturated carbocycles. The van der Waals surface area contributed by atoms with Crippen molar-refractivity contribution in [3.05, 3.63) is 0 Å². The molecule has 2 fully saturated rings. The molecule has 21 heavy (non-hydrogen) atoms. The second kappa shape index (κ2) is 6.17. The van der Waals surface area contributed by atoms with Crippen LogP contribution in [0.5, 0.6) is 0 Å². The van der Waals surface area contributed by atoms with Crippen molar-refractivity contribution >= 4 is 0 Å². The number of hydrogen-bond acceptors (Lipinski definition) is 3. The Morgan fingerprint density at radius 2 is 1.00 bits per heavy atom. The van der Waals surface area contributed by atoms with E-state index in [0.29, 0.717) is 11.1 Å². The van der Waals surface area contributed by atoms with E-state index in [-0.39, 0.29) is 17.2 Å². The van der Waals surface area contributed by atoms with Crippen LogP contribution >= 0.6 is 0 Å². The van der Waals surface area contributed by atoms with Crippen LogP contribution in [0.2, 0.25) is 0 Å². The molecular formula is C18H38N2O. The third-order valence-corrected chi connectivity index (χ3v) is 4.45. The predicted molar refractivity (Wildman–Crippen MR) is 91.7 cm³/mol. The molecule has 2 heterocycles. The highest BCUT2D eigenvalue weighted by Gasteiger charge is 2.36. The minimum atomic E-state index is -0.138. The molecule has 2 aliphatic rings. The molecule has 0 amide bonds. The Balaban J connectivity index is 0.000000211. The average molecular weight is 299 g/mol. The second-order valence-corrected chi connectivity index (χ2v) is 9.70. The Morgan fingerprint density at radius 1 is 0.667 bits per heavy atom. The standard InChI is InChI=1S/C9H19NO.C9H19N/c1-8(2)5-7(11)6-9(3,4)10-8;1-8(2)6-5-7-9(3,4)10-8/h7,10-11H,5-6H2,1-4H3;10H,5-7H2,1-4H3. The van der Waals surface area contributed by atoms with E-state index in [0.717, 1.165) is 12.8 Å². The van der Waals surface area contributed by atoms with Crippen LogP contribution in [0.1, 0.15) is 87.5 Å². The highest BCUT2D eigenvalue weighted by Crippen LogP contribution is 2.28. The van der Waals surface area contributed by atoms with Crippen molar-refractivity contribution in [3.8, 4) is 0 Å². The molecule has 2 rings (SSSR count). The first-order valence-corrected chi connectivity index (χ1v) is 8.49. The number of piperidine rings is 2. The molecule has 0 atom stereocenters. The lowest BCUT2D eigenvalue weighted by atomic mass is 9.81. The highest BCUT2D eigenvalue weighted by atomic mass is 16.3. The number of hydrogen-bond donors (Lipinski definition) is 3. The van der Waals surface area contributed by atoms with Crippen molar-refractivity contribution < 1.29 is 5.11 Å². The van der Waals surface area contributed by atoms with Gasteiger partial charge in [-0.3, -0.25) is 0 Å². The molecule has 2 saturated heterocycles. The van der Waals surface area contributed by atoms with Crippen LogP contribution in [0.4, 0.5) is 0 Å². The van der Waals surface area contributed by atoms with Crippen LogP contribution in [0.3, 0.4) is 0 Å². The predicted octanol–water partition coefficient (Wildman–Crippen LogP) is 3.61. The van der Waals surface area contributed by atoms with Crippen molar-refractivity contribution in [3.63, 3.8) is 0 Å². The lowest BCUT2D eigenvalue weighted by Crippen LogP contribution is -2.59. The fourth-order valence-electron chi connectivity index (χ4n) is 4.28. The zero-order valence-corrected chi connectivity index (χ0v) is 15.6. The van der Waals surface area contributed by atoms with Gasteiger partial charge in [0.15, 0.2) is 0 Å². The van der Waals surface area contributed by atoms with Crippen LogP contribution in [-0.4, -0.2) is 33.4 Å². The summed E-state index contributed by atoms with van der Waals surface area (Å²) in [7, 11) is 0. The van der Waals surface area contributed by atoms with Crippen molar-refractivity contribution in [2.24, 2.45) is 0 Å². The van der Waals surface area contributed by atoms with E-state index in [4.69, 9.17) is 0 Å². The van der Waals surface area contributed by atoms with E-state index in [1.165, 1.54) is 19.3 Å². The molecular weight excluding hydrogens is 260 g/mol. The third kappa shape index (κ3) is 7.12. The Kier molecular flexibility index (Phi) is 5.56. The lowest BCUT2D eigenvalue weighted by Gasteiger charge is -2.44. The van der Waals surface area contributed by atoms with E-state index in [1.807, 2.05) is 0 Å². The van der Waals surface area contributed by atoms with Crippen LogP contribution in [0.25, 0.3) is 0 Å². The van der Waals surface area contributed by atoms with E-state index < -0.39 is 0 Å². The Morgan fingerprint density at radius 3 is 1.24 bits per heavy atom. The molecule has 0 bridgehead atoms. The molecule has 0 aromatic rings. The summed E-state index contributed by atoms with van der Waals surface area (Å²) in [6.07, 6.45) is 5.58. The van der Waals surface area contributed by atoms with Crippen molar-refractivity contribution in [2.75, 3.05) is 0 Å². The van der Waals surface area contributed by atoms with Crippen molar-refractivity contribution in [1.29, 1.82) is 0 Å². The SMILES string of the molecule is CC1(C)CC(O)CC(C)(C)N1.CC1(C)CCCC(C)(C)N1. The molecule has 0 spiro atoms. The van der Waals surface area contributed by atoms with E-state index in [1.54, 1.807) is 0 Å². The largest absolute Gasteiger partial charge is 0.393 e. The maximum atomic E-state index is 9.54. The summed E-state index contributed by atoms with van der Waals surface area (Å²) in [6.45, 7) is 17.7. The monoisotopic (exact) mass is 298 g/mol. The summed E-state index contributed by atoms with van der Waals surface area (Å²) in [6, 6.07) is 0. The van der Waals surface area contributed by atoms with Crippen LogP contribution < -0.4 is 10.6 Å².